The van der Waals surface area contributed by atoms with E-state index in [2.05, 4.69) is 15.3 Å². The van der Waals surface area contributed by atoms with Crippen molar-refractivity contribution in [2.75, 3.05) is 38.4 Å². The Hall–Kier alpha value is -3.21. The van der Waals surface area contributed by atoms with E-state index < -0.39 is 6.61 Å². The summed E-state index contributed by atoms with van der Waals surface area (Å²) in [6.07, 6.45) is 3.38. The number of ether oxygens (including phenoxy) is 2. The van der Waals surface area contributed by atoms with Crippen molar-refractivity contribution in [3.63, 3.8) is 0 Å². The molecule has 3 aromatic rings. The number of aromatic nitrogens is 2. The van der Waals surface area contributed by atoms with Gasteiger partial charge in [0.15, 0.2) is 0 Å². The highest BCUT2D eigenvalue weighted by Gasteiger charge is 2.17. The quantitative estimate of drug-likeness (QED) is 0.348. The highest BCUT2D eigenvalue weighted by atomic mass is 35.5. The first-order chi connectivity index (χ1) is 16.8. The molecule has 35 heavy (non-hydrogen) atoms. The van der Waals surface area contributed by atoms with Gasteiger partial charge in [-0.3, -0.25) is 4.79 Å². The van der Waals surface area contributed by atoms with Crippen LogP contribution in [0.25, 0.3) is 10.9 Å². The van der Waals surface area contributed by atoms with Gasteiger partial charge in [-0.1, -0.05) is 17.7 Å². The van der Waals surface area contributed by atoms with E-state index in [1.165, 1.54) is 23.0 Å². The van der Waals surface area contributed by atoms with Crippen molar-refractivity contribution < 1.29 is 19.4 Å². The average molecular weight is 518 g/mol. The lowest BCUT2D eigenvalue weighted by atomic mass is 10.2. The predicted octanol–water partition coefficient (Wildman–Crippen LogP) is 3.79. The minimum absolute atomic E-state index is 0.224. The van der Waals surface area contributed by atoms with E-state index in [1.54, 1.807) is 19.2 Å². The van der Waals surface area contributed by atoms with Crippen molar-refractivity contribution in [3.05, 3.63) is 58.9 Å². The topological polar surface area (TPSA) is 123 Å². The molecule has 0 aliphatic rings. The van der Waals surface area contributed by atoms with Gasteiger partial charge in [-0.25, -0.2) is 9.97 Å². The number of thioether (sulfide) groups is 1. The summed E-state index contributed by atoms with van der Waals surface area (Å²) in [5.41, 5.74) is 7.86. The second-order valence-corrected chi connectivity index (χ2v) is 8.80. The predicted molar refractivity (Wildman–Crippen MR) is 140 cm³/mol. The number of hydrogen-bond acceptors (Lipinski definition) is 9. The number of rotatable bonds is 11. The van der Waals surface area contributed by atoms with E-state index in [-0.39, 0.29) is 25.2 Å². The number of carbonyl (C=O) groups excluding carboxylic acids is 1. The van der Waals surface area contributed by atoms with E-state index in [4.69, 9.17) is 31.9 Å². The van der Waals surface area contributed by atoms with Crippen molar-refractivity contribution in [2.24, 2.45) is 5.73 Å². The first-order valence-electron chi connectivity index (χ1n) is 10.7. The third-order valence-electron chi connectivity index (χ3n) is 5.15. The Labute approximate surface area is 213 Å². The van der Waals surface area contributed by atoms with E-state index in [1.807, 2.05) is 42.9 Å². The Balaban J connectivity index is 1.80. The first kappa shape index (κ1) is 26.4. The summed E-state index contributed by atoms with van der Waals surface area (Å²) < 4.78 is 11.7. The van der Waals surface area contributed by atoms with Crippen LogP contribution in [0.3, 0.4) is 0 Å². The molecule has 4 N–H and O–H groups in total. The van der Waals surface area contributed by atoms with Gasteiger partial charge in [-0.15, -0.1) is 11.8 Å². The number of aliphatic hydroxyl groups is 1. The number of likely N-dealkylation sites (N-methyl/N-ethyl adjacent to an activating group) is 1. The summed E-state index contributed by atoms with van der Waals surface area (Å²) in [6, 6.07) is 10.6. The van der Waals surface area contributed by atoms with Gasteiger partial charge >= 0.3 is 0 Å². The molecule has 0 saturated heterocycles. The van der Waals surface area contributed by atoms with Gasteiger partial charge in [-0.05, 0) is 48.9 Å². The highest BCUT2D eigenvalue weighted by molar-refractivity contribution is 8.01. The number of nitrogens with zero attached hydrogens (tertiary/aromatic N) is 3. The summed E-state index contributed by atoms with van der Waals surface area (Å²) >= 11 is 7.92. The Morgan fingerprint density at radius 2 is 2.09 bits per heavy atom. The monoisotopic (exact) mass is 517 g/mol. The maximum absolute atomic E-state index is 11.8. The molecule has 1 aromatic heterocycles. The molecule has 9 nitrogen and oxygen atoms in total. The van der Waals surface area contributed by atoms with Crippen molar-refractivity contribution >= 4 is 51.7 Å². The third kappa shape index (κ3) is 6.91. The Bertz CT molecular complexity index is 1200. The normalized spacial score (nSPS) is 12.3. The maximum Gasteiger partial charge on any atom is 0.248 e. The van der Waals surface area contributed by atoms with Crippen LogP contribution in [-0.2, 0) is 4.79 Å². The molecule has 1 heterocycles. The molecule has 0 bridgehead atoms. The van der Waals surface area contributed by atoms with Gasteiger partial charge in [-0.2, -0.15) is 0 Å². The number of anilines is 2. The molecular weight excluding hydrogens is 490 g/mol. The van der Waals surface area contributed by atoms with Crippen LogP contribution in [0.1, 0.15) is 6.92 Å². The number of aliphatic hydroxyl groups excluding tert-OH is 1. The lowest BCUT2D eigenvalue weighted by molar-refractivity contribution is -0.135. The molecule has 1 atom stereocenters. The van der Waals surface area contributed by atoms with Crippen LogP contribution in [0.4, 0.5) is 11.5 Å². The summed E-state index contributed by atoms with van der Waals surface area (Å²) in [5.74, 6) is 1.23. The molecule has 1 unspecified atom stereocenters. The smallest absolute Gasteiger partial charge is 0.248 e. The second-order valence-electron chi connectivity index (χ2n) is 7.68. The number of benzene rings is 2. The zero-order valence-corrected chi connectivity index (χ0v) is 21.3. The van der Waals surface area contributed by atoms with E-state index in [0.717, 1.165) is 0 Å². The number of nitrogens with two attached hydrogens (primary N) is 1. The fraction of sp³-hybridized carbons (Fsp3) is 0.292. The summed E-state index contributed by atoms with van der Waals surface area (Å²) in [4.78, 5) is 21.9. The van der Waals surface area contributed by atoms with Crippen LogP contribution in [0, 0.1) is 0 Å². The molecule has 2 aromatic carbocycles. The standard InChI is InChI=1S/C24H28ClN5O4S/c1-15(30(2)22(32)10-31)11-33-21-6-4-5-19-23(21)24(28-14-27-19)29-17-7-8-20(18(25)9-17)34-12-16(26)13-35-3/h4-9,13-15,31H,10-12,26H2,1-3H3,(H,27,28,29)/b16-13-. The Morgan fingerprint density at radius 3 is 2.80 bits per heavy atom. The van der Waals surface area contributed by atoms with E-state index >= 15 is 0 Å². The SMILES string of the molecule is CS/C=C(\N)COc1ccc(Nc2ncnc3cccc(OCC(C)N(C)C(=O)CO)c23)cc1Cl. The molecule has 0 saturated carbocycles. The van der Waals surface area contributed by atoms with Gasteiger partial charge in [0.1, 0.15) is 43.5 Å². The van der Waals surface area contributed by atoms with Crippen LogP contribution >= 0.6 is 23.4 Å². The van der Waals surface area contributed by atoms with Crippen molar-refractivity contribution in [1.29, 1.82) is 0 Å². The number of carbonyl (C=O) groups is 1. The van der Waals surface area contributed by atoms with Gasteiger partial charge in [0.2, 0.25) is 5.91 Å². The highest BCUT2D eigenvalue weighted by Crippen LogP contribution is 2.34. The number of amides is 1. The molecule has 0 spiro atoms. The van der Waals surface area contributed by atoms with E-state index in [9.17, 15) is 4.79 Å². The van der Waals surface area contributed by atoms with Gasteiger partial charge in [0, 0.05) is 12.7 Å². The summed E-state index contributed by atoms with van der Waals surface area (Å²) in [6.45, 7) is 1.75. The lowest BCUT2D eigenvalue weighted by Gasteiger charge is -2.24. The number of nitrogens with one attached hydrogen (secondary N) is 1. The van der Waals surface area contributed by atoms with Crippen LogP contribution in [0.2, 0.25) is 5.02 Å². The Kier molecular flexibility index (Phi) is 9.41. The van der Waals surface area contributed by atoms with Crippen LogP contribution < -0.4 is 20.5 Å². The Morgan fingerprint density at radius 1 is 1.29 bits per heavy atom. The van der Waals surface area contributed by atoms with Gasteiger partial charge in [0.25, 0.3) is 0 Å². The largest absolute Gasteiger partial charge is 0.491 e. The molecule has 0 aliphatic heterocycles. The van der Waals surface area contributed by atoms with Crippen molar-refractivity contribution in [2.45, 2.75) is 13.0 Å². The van der Waals surface area contributed by atoms with Crippen molar-refractivity contribution in [3.8, 4) is 11.5 Å². The van der Waals surface area contributed by atoms with Crippen LogP contribution in [0.15, 0.2) is 53.8 Å². The lowest BCUT2D eigenvalue weighted by Crippen LogP contribution is -2.40. The molecule has 0 aliphatic carbocycles. The van der Waals surface area contributed by atoms with Crippen molar-refractivity contribution in [1.82, 2.24) is 14.9 Å². The van der Waals surface area contributed by atoms with Crippen LogP contribution in [-0.4, -0.2) is 65.0 Å². The fourth-order valence-electron chi connectivity index (χ4n) is 3.15. The molecule has 0 fully saturated rings. The number of halogens is 1. The van der Waals surface area contributed by atoms with Crippen LogP contribution in [0.5, 0.6) is 11.5 Å². The van der Waals surface area contributed by atoms with Gasteiger partial charge < -0.3 is 30.5 Å². The molecule has 186 valence electrons. The van der Waals surface area contributed by atoms with E-state index in [0.29, 0.717) is 44.6 Å². The zero-order valence-electron chi connectivity index (χ0n) is 19.7. The summed E-state index contributed by atoms with van der Waals surface area (Å²) in [5, 5.41) is 15.3. The number of fused-ring (bicyclic) bond motifs is 1. The van der Waals surface area contributed by atoms with Gasteiger partial charge in [0.05, 0.1) is 27.7 Å². The number of hydrogen-bond donors (Lipinski definition) is 3. The molecular formula is C24H28ClN5O4S. The molecule has 3 rings (SSSR count). The summed E-state index contributed by atoms with van der Waals surface area (Å²) in [7, 11) is 1.62. The molecule has 1 amide bonds. The second kappa shape index (κ2) is 12.5. The first-order valence-corrected chi connectivity index (χ1v) is 12.4. The molecule has 0 radical (unpaired) electrons. The minimum atomic E-state index is -0.550. The molecule has 11 heteroatoms. The average Bonchev–Trinajstić information content (AvgIpc) is 2.86. The fourth-order valence-corrected chi connectivity index (χ4v) is 3.76. The third-order valence-corrected chi connectivity index (χ3v) is 5.99. The maximum atomic E-state index is 11.8. The minimum Gasteiger partial charge on any atom is -0.491 e. The zero-order chi connectivity index (χ0) is 25.4.